The number of ether oxygens (including phenoxy) is 4. The Morgan fingerprint density at radius 2 is 1.93 bits per heavy atom. The number of rotatable bonds is 9. The van der Waals surface area contributed by atoms with E-state index in [0.29, 0.717) is 17.1 Å². The maximum absolute atomic E-state index is 12.1. The maximum atomic E-state index is 12.1. The van der Waals surface area contributed by atoms with Gasteiger partial charge in [0.2, 0.25) is 0 Å². The molecule has 1 aliphatic heterocycles. The zero-order chi connectivity index (χ0) is 20.4. The van der Waals surface area contributed by atoms with Crippen molar-refractivity contribution >= 4 is 18.0 Å². The highest BCUT2D eigenvalue weighted by molar-refractivity contribution is 5.98. The van der Waals surface area contributed by atoms with Gasteiger partial charge in [-0.3, -0.25) is 4.79 Å². The molecule has 0 spiro atoms. The molecule has 0 aliphatic carbocycles. The molecule has 1 fully saturated rings. The van der Waals surface area contributed by atoms with Gasteiger partial charge < -0.3 is 23.8 Å². The van der Waals surface area contributed by atoms with Crippen molar-refractivity contribution in [2.24, 2.45) is 0 Å². The summed E-state index contributed by atoms with van der Waals surface area (Å²) < 4.78 is 20.6. The lowest BCUT2D eigenvalue weighted by Crippen LogP contribution is -2.32. The molecule has 28 heavy (non-hydrogen) atoms. The Morgan fingerprint density at radius 1 is 1.18 bits per heavy atom. The third kappa shape index (κ3) is 5.99. The van der Waals surface area contributed by atoms with Crippen LogP contribution >= 0.6 is 0 Å². The van der Waals surface area contributed by atoms with E-state index in [2.05, 4.69) is 0 Å². The molecule has 1 aliphatic rings. The minimum absolute atomic E-state index is 0.0610. The first kappa shape index (κ1) is 21.3. The summed E-state index contributed by atoms with van der Waals surface area (Å²) in [6.07, 6.45) is 3.44. The number of amides is 1. The molecule has 2 rings (SSSR count). The molecule has 8 nitrogen and oxygen atoms in total. The summed E-state index contributed by atoms with van der Waals surface area (Å²) in [4.78, 5) is 25.8. The van der Waals surface area contributed by atoms with Gasteiger partial charge in [0.25, 0.3) is 5.91 Å². The highest BCUT2D eigenvalue weighted by Crippen LogP contribution is 2.29. The summed E-state index contributed by atoms with van der Waals surface area (Å²) in [6.45, 7) is 1.78. The number of esters is 1. The topological polar surface area (TPSA) is 98.1 Å². The van der Waals surface area contributed by atoms with Crippen molar-refractivity contribution < 1.29 is 28.5 Å². The molecule has 150 valence electrons. The van der Waals surface area contributed by atoms with E-state index in [1.807, 2.05) is 6.07 Å². The van der Waals surface area contributed by atoms with Crippen molar-refractivity contribution in [3.8, 4) is 17.6 Å². The molecule has 1 saturated heterocycles. The average Bonchev–Trinajstić information content (AvgIpc) is 3.25. The molecule has 1 amide bonds. The first-order valence-corrected chi connectivity index (χ1v) is 8.95. The van der Waals surface area contributed by atoms with E-state index in [1.54, 1.807) is 23.1 Å². The molecule has 0 radical (unpaired) electrons. The summed E-state index contributed by atoms with van der Waals surface area (Å²) >= 11 is 0. The lowest BCUT2D eigenvalue weighted by Gasteiger charge is -2.16. The zero-order valence-electron chi connectivity index (χ0n) is 16.1. The standard InChI is InChI=1S/C20H24N2O6/c1-25-9-10-27-20(24)16(13-21)11-15-5-6-17(18(12-15)26-2)28-14-19(23)22-7-3-4-8-22/h5-6,11-12H,3-4,7-10,14H2,1-2H3/b16-11+. The molecule has 0 bridgehead atoms. The Morgan fingerprint density at radius 3 is 2.57 bits per heavy atom. The normalized spacial score (nSPS) is 13.8. The smallest absolute Gasteiger partial charge is 0.348 e. The van der Waals surface area contributed by atoms with Crippen LogP contribution in [0, 0.1) is 11.3 Å². The summed E-state index contributed by atoms with van der Waals surface area (Å²) in [5.74, 6) is 0.0190. The number of nitriles is 1. The third-order valence-corrected chi connectivity index (χ3v) is 4.17. The van der Waals surface area contributed by atoms with Gasteiger partial charge in [0.15, 0.2) is 18.1 Å². The highest BCUT2D eigenvalue weighted by Gasteiger charge is 2.19. The largest absolute Gasteiger partial charge is 0.493 e. The van der Waals surface area contributed by atoms with Gasteiger partial charge in [-0.2, -0.15) is 5.26 Å². The van der Waals surface area contributed by atoms with Crippen LogP contribution < -0.4 is 9.47 Å². The van der Waals surface area contributed by atoms with Gasteiger partial charge in [0.1, 0.15) is 18.2 Å². The number of hydrogen-bond acceptors (Lipinski definition) is 7. The quantitative estimate of drug-likeness (QED) is 0.275. The van der Waals surface area contributed by atoms with E-state index in [1.165, 1.54) is 20.3 Å². The molecule has 1 aromatic carbocycles. The van der Waals surface area contributed by atoms with Gasteiger partial charge in [-0.15, -0.1) is 0 Å². The molecule has 0 unspecified atom stereocenters. The molecule has 0 atom stereocenters. The lowest BCUT2D eigenvalue weighted by atomic mass is 10.1. The van der Waals surface area contributed by atoms with Crippen molar-refractivity contribution in [3.05, 3.63) is 29.3 Å². The van der Waals surface area contributed by atoms with Crippen molar-refractivity contribution in [1.82, 2.24) is 4.90 Å². The minimum atomic E-state index is -0.727. The van der Waals surface area contributed by atoms with Crippen LogP contribution in [0.1, 0.15) is 18.4 Å². The molecule has 1 aromatic rings. The van der Waals surface area contributed by atoms with Gasteiger partial charge in [0.05, 0.1) is 13.7 Å². The SMILES string of the molecule is COCCOC(=O)/C(C#N)=C/c1ccc(OCC(=O)N2CCCC2)c(OC)c1. The van der Waals surface area contributed by atoms with Gasteiger partial charge in [-0.25, -0.2) is 4.79 Å². The van der Waals surface area contributed by atoms with Crippen LogP contribution in [0.15, 0.2) is 23.8 Å². The van der Waals surface area contributed by atoms with E-state index in [0.717, 1.165) is 25.9 Å². The first-order valence-electron chi connectivity index (χ1n) is 8.95. The summed E-state index contributed by atoms with van der Waals surface area (Å²) in [7, 11) is 2.96. The van der Waals surface area contributed by atoms with Crippen LogP contribution in [0.2, 0.25) is 0 Å². The van der Waals surface area contributed by atoms with Crippen LogP contribution in [0.5, 0.6) is 11.5 Å². The van der Waals surface area contributed by atoms with E-state index in [-0.39, 0.29) is 31.3 Å². The number of nitrogens with zero attached hydrogens (tertiary/aromatic N) is 2. The number of hydrogen-bond donors (Lipinski definition) is 0. The monoisotopic (exact) mass is 388 g/mol. The van der Waals surface area contributed by atoms with Crippen LogP contribution in [0.4, 0.5) is 0 Å². The molecule has 1 heterocycles. The summed E-state index contributed by atoms with van der Waals surface area (Å²) in [5, 5.41) is 9.20. The molecule has 0 aromatic heterocycles. The van der Waals surface area contributed by atoms with Crippen molar-refractivity contribution in [1.29, 1.82) is 5.26 Å². The lowest BCUT2D eigenvalue weighted by molar-refractivity contribution is -0.139. The third-order valence-electron chi connectivity index (χ3n) is 4.17. The molecule has 8 heteroatoms. The van der Waals surface area contributed by atoms with Crippen LogP contribution in [0.3, 0.4) is 0 Å². The maximum Gasteiger partial charge on any atom is 0.348 e. The zero-order valence-corrected chi connectivity index (χ0v) is 16.1. The number of carbonyl (C=O) groups is 2. The molecule has 0 N–H and O–H groups in total. The number of benzene rings is 1. The van der Waals surface area contributed by atoms with Crippen molar-refractivity contribution in [3.63, 3.8) is 0 Å². The fourth-order valence-electron chi connectivity index (χ4n) is 2.69. The molecular formula is C20H24N2O6. The number of carbonyl (C=O) groups excluding carboxylic acids is 2. The van der Waals surface area contributed by atoms with Crippen molar-refractivity contribution in [2.45, 2.75) is 12.8 Å². The van der Waals surface area contributed by atoms with E-state index in [9.17, 15) is 14.9 Å². The number of likely N-dealkylation sites (tertiary alicyclic amines) is 1. The summed E-state index contributed by atoms with van der Waals surface area (Å²) in [5.41, 5.74) is 0.423. The van der Waals surface area contributed by atoms with Crippen molar-refractivity contribution in [2.75, 3.05) is 47.1 Å². The predicted octanol–water partition coefficient (Wildman–Crippen LogP) is 1.79. The van der Waals surface area contributed by atoms with Gasteiger partial charge in [0, 0.05) is 20.2 Å². The Hall–Kier alpha value is -3.05. The van der Waals surface area contributed by atoms with Gasteiger partial charge >= 0.3 is 5.97 Å². The van der Waals surface area contributed by atoms with Crippen LogP contribution in [-0.2, 0) is 19.1 Å². The second kappa shape index (κ2) is 10.9. The average molecular weight is 388 g/mol. The Bertz CT molecular complexity index is 762. The van der Waals surface area contributed by atoms with Gasteiger partial charge in [-0.1, -0.05) is 6.07 Å². The Kier molecular flexibility index (Phi) is 8.31. The molecule has 0 saturated carbocycles. The highest BCUT2D eigenvalue weighted by atomic mass is 16.6. The summed E-state index contributed by atoms with van der Waals surface area (Å²) in [6, 6.07) is 6.74. The van der Waals surface area contributed by atoms with Crippen LogP contribution in [0.25, 0.3) is 6.08 Å². The van der Waals surface area contributed by atoms with Gasteiger partial charge in [-0.05, 0) is 36.6 Å². The first-order chi connectivity index (χ1) is 13.6. The second-order valence-corrected chi connectivity index (χ2v) is 6.09. The predicted molar refractivity (Wildman–Crippen MR) is 101 cm³/mol. The van der Waals surface area contributed by atoms with E-state index >= 15 is 0 Å². The molecular weight excluding hydrogens is 364 g/mol. The Labute approximate surface area is 164 Å². The fraction of sp³-hybridized carbons (Fsp3) is 0.450. The second-order valence-electron chi connectivity index (χ2n) is 6.09. The Balaban J connectivity index is 2.05. The van der Waals surface area contributed by atoms with E-state index < -0.39 is 5.97 Å². The van der Waals surface area contributed by atoms with E-state index in [4.69, 9.17) is 18.9 Å². The fourth-order valence-corrected chi connectivity index (χ4v) is 2.69. The number of methoxy groups -OCH3 is 2. The minimum Gasteiger partial charge on any atom is -0.493 e. The van der Waals surface area contributed by atoms with Crippen LogP contribution in [-0.4, -0.2) is 63.9 Å².